The summed E-state index contributed by atoms with van der Waals surface area (Å²) in [5.74, 6) is -0.0702. The number of amides is 1. The van der Waals surface area contributed by atoms with Gasteiger partial charge in [0.25, 0.3) is 5.91 Å². The molecule has 0 atom stereocenters. The SMILES string of the molecule is CCCNC(=O)c1cccc(NC(=S)Nc2cccnc2)c1C. The van der Waals surface area contributed by atoms with Gasteiger partial charge in [-0.05, 0) is 55.4 Å². The van der Waals surface area contributed by atoms with E-state index in [1.165, 1.54) is 0 Å². The molecule has 1 aromatic heterocycles. The first kappa shape index (κ1) is 16.9. The van der Waals surface area contributed by atoms with Crippen molar-refractivity contribution in [1.82, 2.24) is 10.3 Å². The van der Waals surface area contributed by atoms with E-state index in [0.717, 1.165) is 23.4 Å². The minimum atomic E-state index is -0.0702. The van der Waals surface area contributed by atoms with Gasteiger partial charge in [-0.3, -0.25) is 9.78 Å². The predicted octanol–water partition coefficient (Wildman–Crippen LogP) is 3.34. The highest BCUT2D eigenvalue weighted by Crippen LogP contribution is 2.19. The van der Waals surface area contributed by atoms with Crippen molar-refractivity contribution in [3.63, 3.8) is 0 Å². The summed E-state index contributed by atoms with van der Waals surface area (Å²) in [6.07, 6.45) is 4.29. The van der Waals surface area contributed by atoms with Crippen LogP contribution in [0.3, 0.4) is 0 Å². The van der Waals surface area contributed by atoms with Gasteiger partial charge in [0, 0.05) is 24.0 Å². The van der Waals surface area contributed by atoms with E-state index in [2.05, 4.69) is 20.9 Å². The highest BCUT2D eigenvalue weighted by atomic mass is 32.1. The normalized spacial score (nSPS) is 10.0. The van der Waals surface area contributed by atoms with Crippen LogP contribution >= 0.6 is 12.2 Å². The predicted molar refractivity (Wildman–Crippen MR) is 97.9 cm³/mol. The molecule has 3 N–H and O–H groups in total. The maximum Gasteiger partial charge on any atom is 0.251 e. The van der Waals surface area contributed by atoms with Crippen molar-refractivity contribution in [2.24, 2.45) is 0 Å². The van der Waals surface area contributed by atoms with Gasteiger partial charge in [-0.15, -0.1) is 0 Å². The number of aromatic nitrogens is 1. The van der Waals surface area contributed by atoms with Gasteiger partial charge in [-0.25, -0.2) is 0 Å². The topological polar surface area (TPSA) is 66.1 Å². The molecule has 0 aliphatic heterocycles. The van der Waals surface area contributed by atoms with Crippen LogP contribution in [0.15, 0.2) is 42.7 Å². The lowest BCUT2D eigenvalue weighted by Gasteiger charge is -2.14. The smallest absolute Gasteiger partial charge is 0.251 e. The van der Waals surface area contributed by atoms with Gasteiger partial charge in [-0.1, -0.05) is 13.0 Å². The zero-order valence-electron chi connectivity index (χ0n) is 13.2. The first-order valence-corrected chi connectivity index (χ1v) is 7.88. The molecular weight excluding hydrogens is 308 g/mol. The second-order valence-electron chi connectivity index (χ2n) is 5.05. The number of thiocarbonyl (C=S) groups is 1. The molecule has 0 fully saturated rings. The molecule has 1 aromatic carbocycles. The zero-order chi connectivity index (χ0) is 16.7. The molecule has 120 valence electrons. The number of hydrogen-bond donors (Lipinski definition) is 3. The Morgan fingerprint density at radius 1 is 1.22 bits per heavy atom. The van der Waals surface area contributed by atoms with Gasteiger partial charge in [-0.2, -0.15) is 0 Å². The number of anilines is 2. The summed E-state index contributed by atoms with van der Waals surface area (Å²) >= 11 is 5.31. The van der Waals surface area contributed by atoms with Crippen molar-refractivity contribution in [2.45, 2.75) is 20.3 Å². The molecule has 2 aromatic rings. The second-order valence-corrected chi connectivity index (χ2v) is 5.46. The summed E-state index contributed by atoms with van der Waals surface area (Å²) in [5.41, 5.74) is 3.11. The molecule has 5 nitrogen and oxygen atoms in total. The molecule has 6 heteroatoms. The zero-order valence-corrected chi connectivity index (χ0v) is 14.0. The molecule has 0 saturated heterocycles. The van der Waals surface area contributed by atoms with Crippen LogP contribution in [0.2, 0.25) is 0 Å². The van der Waals surface area contributed by atoms with E-state index < -0.39 is 0 Å². The van der Waals surface area contributed by atoms with Crippen LogP contribution in [0, 0.1) is 6.92 Å². The Kier molecular flexibility index (Phi) is 6.05. The fraction of sp³-hybridized carbons (Fsp3) is 0.235. The molecule has 1 amide bonds. The van der Waals surface area contributed by atoms with Crippen LogP contribution < -0.4 is 16.0 Å². The Hall–Kier alpha value is -2.47. The van der Waals surface area contributed by atoms with Crippen molar-refractivity contribution in [2.75, 3.05) is 17.2 Å². The molecule has 23 heavy (non-hydrogen) atoms. The van der Waals surface area contributed by atoms with Gasteiger partial charge in [0.2, 0.25) is 0 Å². The van der Waals surface area contributed by atoms with E-state index in [-0.39, 0.29) is 5.91 Å². The van der Waals surface area contributed by atoms with E-state index in [4.69, 9.17) is 12.2 Å². The maximum atomic E-state index is 12.2. The first-order chi connectivity index (χ1) is 11.1. The van der Waals surface area contributed by atoms with E-state index in [1.807, 2.05) is 44.2 Å². The van der Waals surface area contributed by atoms with Crippen LogP contribution in [0.4, 0.5) is 11.4 Å². The van der Waals surface area contributed by atoms with Crippen LogP contribution in [0.1, 0.15) is 29.3 Å². The molecule has 0 spiro atoms. The molecule has 0 unspecified atom stereocenters. The van der Waals surface area contributed by atoms with E-state index >= 15 is 0 Å². The van der Waals surface area contributed by atoms with Gasteiger partial charge in [0.15, 0.2) is 5.11 Å². The number of benzene rings is 1. The largest absolute Gasteiger partial charge is 0.352 e. The number of hydrogen-bond acceptors (Lipinski definition) is 3. The van der Waals surface area contributed by atoms with Gasteiger partial charge in [0.1, 0.15) is 0 Å². The van der Waals surface area contributed by atoms with Crippen molar-refractivity contribution < 1.29 is 4.79 Å². The lowest BCUT2D eigenvalue weighted by atomic mass is 10.1. The Bertz CT molecular complexity index is 688. The third kappa shape index (κ3) is 4.75. The van der Waals surface area contributed by atoms with Crippen LogP contribution in [0.5, 0.6) is 0 Å². The Balaban J connectivity index is 2.08. The molecular formula is C17H20N4OS. The summed E-state index contributed by atoms with van der Waals surface area (Å²) in [6.45, 7) is 4.58. The number of rotatable bonds is 5. The van der Waals surface area contributed by atoms with Crippen LogP contribution in [0.25, 0.3) is 0 Å². The van der Waals surface area contributed by atoms with E-state index in [1.54, 1.807) is 12.4 Å². The minimum absolute atomic E-state index is 0.0702. The lowest BCUT2D eigenvalue weighted by Crippen LogP contribution is -2.25. The maximum absolute atomic E-state index is 12.2. The molecule has 0 bridgehead atoms. The number of nitrogens with one attached hydrogen (secondary N) is 3. The van der Waals surface area contributed by atoms with E-state index in [0.29, 0.717) is 17.2 Å². The first-order valence-electron chi connectivity index (χ1n) is 7.47. The third-order valence-corrected chi connectivity index (χ3v) is 3.49. The van der Waals surface area contributed by atoms with Crippen LogP contribution in [-0.4, -0.2) is 22.5 Å². The Morgan fingerprint density at radius 2 is 2.04 bits per heavy atom. The Morgan fingerprint density at radius 3 is 2.74 bits per heavy atom. The van der Waals surface area contributed by atoms with Crippen LogP contribution in [-0.2, 0) is 0 Å². The molecule has 1 heterocycles. The highest BCUT2D eigenvalue weighted by Gasteiger charge is 2.11. The average molecular weight is 328 g/mol. The minimum Gasteiger partial charge on any atom is -0.352 e. The summed E-state index contributed by atoms with van der Waals surface area (Å²) in [5, 5.41) is 9.52. The molecule has 0 radical (unpaired) electrons. The van der Waals surface area contributed by atoms with Gasteiger partial charge in [0.05, 0.1) is 11.9 Å². The van der Waals surface area contributed by atoms with Gasteiger partial charge >= 0.3 is 0 Å². The fourth-order valence-electron chi connectivity index (χ4n) is 2.07. The number of carbonyl (C=O) groups is 1. The molecule has 0 aliphatic rings. The number of pyridine rings is 1. The summed E-state index contributed by atoms with van der Waals surface area (Å²) in [6, 6.07) is 9.24. The summed E-state index contributed by atoms with van der Waals surface area (Å²) in [7, 11) is 0. The standard InChI is InChI=1S/C17H20N4OS/c1-3-9-19-16(22)14-7-4-8-15(12(14)2)21-17(23)20-13-6-5-10-18-11-13/h4-8,10-11H,3,9H2,1-2H3,(H,19,22)(H2,20,21,23). The van der Waals surface area contributed by atoms with Gasteiger partial charge < -0.3 is 16.0 Å². The highest BCUT2D eigenvalue weighted by molar-refractivity contribution is 7.80. The molecule has 2 rings (SSSR count). The van der Waals surface area contributed by atoms with E-state index in [9.17, 15) is 4.79 Å². The van der Waals surface area contributed by atoms with Crippen molar-refractivity contribution in [3.8, 4) is 0 Å². The molecule has 0 aliphatic carbocycles. The summed E-state index contributed by atoms with van der Waals surface area (Å²) in [4.78, 5) is 16.2. The number of carbonyl (C=O) groups excluding carboxylic acids is 1. The van der Waals surface area contributed by atoms with Crippen molar-refractivity contribution >= 4 is 34.6 Å². The summed E-state index contributed by atoms with van der Waals surface area (Å²) < 4.78 is 0. The quantitative estimate of drug-likeness (QED) is 0.735. The Labute approximate surface area is 141 Å². The molecule has 0 saturated carbocycles. The fourth-order valence-corrected chi connectivity index (χ4v) is 2.30. The number of nitrogens with zero attached hydrogens (tertiary/aromatic N) is 1. The lowest BCUT2D eigenvalue weighted by molar-refractivity contribution is 0.0953. The average Bonchev–Trinajstić information content (AvgIpc) is 2.55. The third-order valence-electron chi connectivity index (χ3n) is 3.28. The monoisotopic (exact) mass is 328 g/mol. The van der Waals surface area contributed by atoms with Crippen molar-refractivity contribution in [1.29, 1.82) is 0 Å². The van der Waals surface area contributed by atoms with Crippen molar-refractivity contribution in [3.05, 3.63) is 53.9 Å². The second kappa shape index (κ2) is 8.24.